The lowest BCUT2D eigenvalue weighted by molar-refractivity contribution is 0.0203. The molecule has 0 aromatic carbocycles. The smallest absolute Gasteiger partial charge is 0.190 e. The highest BCUT2D eigenvalue weighted by atomic mass is 79.9. The average molecular weight is 418 g/mol. The number of thiophene rings is 1. The van der Waals surface area contributed by atoms with Crippen molar-refractivity contribution < 1.29 is 9.47 Å². The molecule has 0 amide bonds. The van der Waals surface area contributed by atoms with Crippen molar-refractivity contribution in [3.63, 3.8) is 0 Å². The molecule has 1 aromatic heterocycles. The molecule has 0 saturated carbocycles. The lowest BCUT2D eigenvalue weighted by atomic mass is 10.0. The first-order valence-corrected chi connectivity index (χ1v) is 10.2. The van der Waals surface area contributed by atoms with Crippen LogP contribution < -0.4 is 10.6 Å². The van der Waals surface area contributed by atoms with Crippen LogP contribution in [0, 0.1) is 5.92 Å². The van der Waals surface area contributed by atoms with Gasteiger partial charge in [-0.2, -0.15) is 0 Å². The maximum Gasteiger partial charge on any atom is 0.190 e. The van der Waals surface area contributed by atoms with Gasteiger partial charge in [-0.3, -0.25) is 4.99 Å². The van der Waals surface area contributed by atoms with Crippen LogP contribution in [0.5, 0.6) is 0 Å². The summed E-state index contributed by atoms with van der Waals surface area (Å²) < 4.78 is 12.3. The Morgan fingerprint density at radius 3 is 2.83 bits per heavy atom. The summed E-state index contributed by atoms with van der Waals surface area (Å²) in [6, 6.07) is 4.25. The van der Waals surface area contributed by atoms with E-state index in [4.69, 9.17) is 9.47 Å². The zero-order valence-electron chi connectivity index (χ0n) is 14.4. The SMILES string of the molecule is CN=C(NCCCOCC1CCOCC1)NCCc1ccc(Br)s1. The molecule has 1 saturated heterocycles. The van der Waals surface area contributed by atoms with Crippen LogP contribution in [0.15, 0.2) is 20.9 Å². The van der Waals surface area contributed by atoms with Gasteiger partial charge in [-0.1, -0.05) is 0 Å². The van der Waals surface area contributed by atoms with Crippen LogP contribution in [-0.4, -0.2) is 52.5 Å². The molecule has 1 aliphatic rings. The van der Waals surface area contributed by atoms with Gasteiger partial charge in [-0.05, 0) is 59.7 Å². The van der Waals surface area contributed by atoms with Crippen molar-refractivity contribution in [3.05, 3.63) is 20.8 Å². The molecule has 0 bridgehead atoms. The fourth-order valence-electron chi connectivity index (χ4n) is 2.55. The van der Waals surface area contributed by atoms with Gasteiger partial charge in [0, 0.05) is 51.4 Å². The van der Waals surface area contributed by atoms with Crippen molar-refractivity contribution in [1.29, 1.82) is 0 Å². The van der Waals surface area contributed by atoms with E-state index in [-0.39, 0.29) is 0 Å². The van der Waals surface area contributed by atoms with Gasteiger partial charge in [0.25, 0.3) is 0 Å². The minimum absolute atomic E-state index is 0.679. The highest BCUT2D eigenvalue weighted by molar-refractivity contribution is 9.11. The molecule has 1 aromatic rings. The van der Waals surface area contributed by atoms with Crippen LogP contribution in [0.1, 0.15) is 24.1 Å². The first-order valence-electron chi connectivity index (χ1n) is 8.62. The summed E-state index contributed by atoms with van der Waals surface area (Å²) in [5.41, 5.74) is 0. The molecule has 1 aliphatic heterocycles. The van der Waals surface area contributed by atoms with Crippen molar-refractivity contribution in [2.24, 2.45) is 10.9 Å². The van der Waals surface area contributed by atoms with Gasteiger partial charge >= 0.3 is 0 Å². The Hall–Kier alpha value is -0.630. The number of ether oxygens (including phenoxy) is 2. The fraction of sp³-hybridized carbons (Fsp3) is 0.706. The monoisotopic (exact) mass is 417 g/mol. The van der Waals surface area contributed by atoms with Gasteiger partial charge in [0.1, 0.15) is 0 Å². The minimum atomic E-state index is 0.679. The molecule has 0 aliphatic carbocycles. The minimum Gasteiger partial charge on any atom is -0.381 e. The van der Waals surface area contributed by atoms with E-state index in [0.29, 0.717) is 5.92 Å². The largest absolute Gasteiger partial charge is 0.381 e. The van der Waals surface area contributed by atoms with Gasteiger partial charge in [-0.25, -0.2) is 0 Å². The summed E-state index contributed by atoms with van der Waals surface area (Å²) in [5, 5.41) is 6.68. The molecule has 0 unspecified atom stereocenters. The van der Waals surface area contributed by atoms with E-state index in [2.05, 4.69) is 43.7 Å². The second-order valence-corrected chi connectivity index (χ2v) is 8.41. The van der Waals surface area contributed by atoms with Gasteiger partial charge in [0.15, 0.2) is 5.96 Å². The third-order valence-electron chi connectivity index (χ3n) is 3.97. The third-order valence-corrected chi connectivity index (χ3v) is 5.65. The highest BCUT2D eigenvalue weighted by Gasteiger charge is 2.13. The van der Waals surface area contributed by atoms with Crippen molar-refractivity contribution in [2.75, 3.05) is 46.6 Å². The number of hydrogen-bond acceptors (Lipinski definition) is 4. The Bertz CT molecular complexity index is 490. The number of aliphatic imine (C=N–C) groups is 1. The second kappa shape index (κ2) is 11.8. The highest BCUT2D eigenvalue weighted by Crippen LogP contribution is 2.22. The quantitative estimate of drug-likeness (QED) is 0.368. The predicted octanol–water partition coefficient (Wildman–Crippen LogP) is 3.05. The fourth-order valence-corrected chi connectivity index (χ4v) is 4.04. The molecule has 7 heteroatoms. The number of hydrogen-bond donors (Lipinski definition) is 2. The van der Waals surface area contributed by atoms with E-state index in [0.717, 1.165) is 71.2 Å². The van der Waals surface area contributed by atoms with Crippen molar-refractivity contribution in [1.82, 2.24) is 10.6 Å². The molecule has 0 atom stereocenters. The van der Waals surface area contributed by atoms with Crippen LogP contribution in [0.3, 0.4) is 0 Å². The molecular formula is C17H28BrN3O2S. The van der Waals surface area contributed by atoms with Crippen LogP contribution in [0.25, 0.3) is 0 Å². The van der Waals surface area contributed by atoms with Crippen molar-refractivity contribution >= 4 is 33.2 Å². The molecule has 24 heavy (non-hydrogen) atoms. The molecule has 0 spiro atoms. The molecule has 5 nitrogen and oxygen atoms in total. The van der Waals surface area contributed by atoms with Gasteiger partial charge in [-0.15, -0.1) is 11.3 Å². The van der Waals surface area contributed by atoms with Gasteiger partial charge in [0.2, 0.25) is 0 Å². The summed E-state index contributed by atoms with van der Waals surface area (Å²) in [4.78, 5) is 5.62. The molecule has 1 fully saturated rings. The summed E-state index contributed by atoms with van der Waals surface area (Å²) in [5.74, 6) is 1.54. The summed E-state index contributed by atoms with van der Waals surface area (Å²) >= 11 is 5.27. The lowest BCUT2D eigenvalue weighted by Gasteiger charge is -2.21. The summed E-state index contributed by atoms with van der Waals surface area (Å²) in [6.07, 6.45) is 4.26. The first kappa shape index (κ1) is 19.7. The van der Waals surface area contributed by atoms with E-state index in [1.54, 1.807) is 18.4 Å². The number of halogens is 1. The molecule has 2 N–H and O–H groups in total. The molecule has 0 radical (unpaired) electrons. The van der Waals surface area contributed by atoms with Crippen LogP contribution in [0.4, 0.5) is 0 Å². The Morgan fingerprint density at radius 1 is 1.33 bits per heavy atom. The zero-order valence-corrected chi connectivity index (χ0v) is 16.8. The van der Waals surface area contributed by atoms with Gasteiger partial charge in [0.05, 0.1) is 3.79 Å². The first-order chi connectivity index (χ1) is 11.8. The molecular weight excluding hydrogens is 390 g/mol. The molecule has 2 rings (SSSR count). The topological polar surface area (TPSA) is 54.9 Å². The zero-order chi connectivity index (χ0) is 17.0. The third kappa shape index (κ3) is 7.96. The van der Waals surface area contributed by atoms with Crippen LogP contribution >= 0.6 is 27.3 Å². The maximum absolute atomic E-state index is 5.77. The number of nitrogens with one attached hydrogen (secondary N) is 2. The Morgan fingerprint density at radius 2 is 2.12 bits per heavy atom. The summed E-state index contributed by atoms with van der Waals surface area (Å²) in [6.45, 7) is 5.20. The summed E-state index contributed by atoms with van der Waals surface area (Å²) in [7, 11) is 1.80. The Kier molecular flexibility index (Phi) is 9.72. The van der Waals surface area contributed by atoms with E-state index >= 15 is 0 Å². The van der Waals surface area contributed by atoms with Crippen LogP contribution in [0.2, 0.25) is 0 Å². The standard InChI is InChI=1S/C17H28BrN3O2S/c1-19-17(21-9-5-15-3-4-16(18)24-15)20-8-2-10-23-13-14-6-11-22-12-7-14/h3-4,14H,2,5-13H2,1H3,(H2,19,20,21). The maximum atomic E-state index is 5.77. The number of rotatable bonds is 9. The predicted molar refractivity (Wildman–Crippen MR) is 104 cm³/mol. The second-order valence-electron chi connectivity index (χ2n) is 5.87. The van der Waals surface area contributed by atoms with Gasteiger partial charge < -0.3 is 20.1 Å². The van der Waals surface area contributed by atoms with Crippen molar-refractivity contribution in [3.8, 4) is 0 Å². The molecule has 136 valence electrons. The van der Waals surface area contributed by atoms with E-state index in [1.165, 1.54) is 8.66 Å². The number of guanidine groups is 1. The Balaban J connectivity index is 1.47. The van der Waals surface area contributed by atoms with E-state index < -0.39 is 0 Å². The van der Waals surface area contributed by atoms with Crippen molar-refractivity contribution in [2.45, 2.75) is 25.7 Å². The molecule has 2 heterocycles. The van der Waals surface area contributed by atoms with Crippen LogP contribution in [-0.2, 0) is 15.9 Å². The van der Waals surface area contributed by atoms with E-state index in [9.17, 15) is 0 Å². The normalized spacial score (nSPS) is 16.3. The Labute approximate surface area is 157 Å². The van der Waals surface area contributed by atoms with E-state index in [1.807, 2.05) is 0 Å². The average Bonchev–Trinajstić information content (AvgIpc) is 3.02. The lowest BCUT2D eigenvalue weighted by Crippen LogP contribution is -2.39. The number of nitrogens with zero attached hydrogens (tertiary/aromatic N) is 1.